The summed E-state index contributed by atoms with van der Waals surface area (Å²) in [6.07, 6.45) is -4.74. The first-order valence-electron chi connectivity index (χ1n) is 8.84. The number of carbonyl (C=O) groups excluding carboxylic acids is 2. The lowest BCUT2D eigenvalue weighted by molar-refractivity contribution is -0.274. The van der Waals surface area contributed by atoms with Crippen molar-refractivity contribution >= 4 is 23.5 Å². The first-order valence-corrected chi connectivity index (χ1v) is 8.84. The fourth-order valence-electron chi connectivity index (χ4n) is 2.55. The number of nitrogens with one attached hydrogen (secondary N) is 5. The summed E-state index contributed by atoms with van der Waals surface area (Å²) in [7, 11) is 0. The van der Waals surface area contributed by atoms with Gasteiger partial charge in [0.05, 0.1) is 6.54 Å². The van der Waals surface area contributed by atoms with E-state index in [4.69, 9.17) is 0 Å². The third-order valence-corrected chi connectivity index (χ3v) is 3.67. The molecule has 1 fully saturated rings. The lowest BCUT2D eigenvalue weighted by atomic mass is 10.2. The number of benzene rings is 1. The molecule has 0 aliphatic carbocycles. The number of halogens is 3. The molecule has 2 unspecified atom stereocenters. The molecule has 1 aromatic rings. The molecule has 2 atom stereocenters. The molecule has 160 valence electrons. The Morgan fingerprint density at radius 3 is 2.59 bits per heavy atom. The van der Waals surface area contributed by atoms with Gasteiger partial charge in [0.1, 0.15) is 11.6 Å². The number of anilines is 1. The van der Waals surface area contributed by atoms with E-state index in [2.05, 4.69) is 36.3 Å². The average molecular weight is 416 g/mol. The van der Waals surface area contributed by atoms with Gasteiger partial charge in [-0.3, -0.25) is 15.1 Å². The Morgan fingerprint density at radius 2 is 1.97 bits per heavy atom. The van der Waals surface area contributed by atoms with Crippen LogP contribution in [-0.2, 0) is 4.79 Å². The molecule has 0 radical (unpaired) electrons. The maximum absolute atomic E-state index is 12.2. The summed E-state index contributed by atoms with van der Waals surface area (Å²) in [5.74, 6) is 0.166. The highest BCUT2D eigenvalue weighted by molar-refractivity contribution is 5.90. The molecule has 1 heterocycles. The number of amides is 3. The Balaban J connectivity index is 1.84. The van der Waals surface area contributed by atoms with Crippen molar-refractivity contribution in [2.24, 2.45) is 4.99 Å². The van der Waals surface area contributed by atoms with Crippen molar-refractivity contribution in [3.63, 3.8) is 0 Å². The highest BCUT2D eigenvalue weighted by Crippen LogP contribution is 2.23. The van der Waals surface area contributed by atoms with Crippen molar-refractivity contribution in [1.29, 1.82) is 0 Å². The number of alkyl halides is 3. The van der Waals surface area contributed by atoms with E-state index in [9.17, 15) is 22.8 Å². The zero-order valence-corrected chi connectivity index (χ0v) is 15.9. The van der Waals surface area contributed by atoms with E-state index in [1.54, 1.807) is 0 Å². The maximum Gasteiger partial charge on any atom is 0.573 e. The molecular formula is C17H23F3N6O3. The van der Waals surface area contributed by atoms with E-state index in [1.165, 1.54) is 19.1 Å². The Bertz CT molecular complexity index is 739. The van der Waals surface area contributed by atoms with Crippen LogP contribution in [0.1, 0.15) is 20.3 Å². The number of rotatable bonds is 6. The third-order valence-electron chi connectivity index (χ3n) is 3.67. The van der Waals surface area contributed by atoms with Crippen molar-refractivity contribution < 1.29 is 27.5 Å². The second-order valence-corrected chi connectivity index (χ2v) is 6.33. The Morgan fingerprint density at radius 1 is 1.28 bits per heavy atom. The number of urea groups is 1. The zero-order chi connectivity index (χ0) is 21.4. The van der Waals surface area contributed by atoms with Gasteiger partial charge < -0.3 is 26.0 Å². The molecule has 5 N–H and O–H groups in total. The van der Waals surface area contributed by atoms with Crippen LogP contribution in [0.5, 0.6) is 5.75 Å². The smallest absolute Gasteiger partial charge is 0.406 e. The van der Waals surface area contributed by atoms with Crippen molar-refractivity contribution in [2.45, 2.75) is 39.0 Å². The SMILES string of the molecule is CC(=O)NCCN=C1CC(C)NC(NC(=O)Nc2ccc(OC(F)(F)F)cc2)N1. The number of hydrogen-bond donors (Lipinski definition) is 5. The number of nitrogens with zero attached hydrogens (tertiary/aromatic N) is 1. The molecule has 29 heavy (non-hydrogen) atoms. The normalized spacial score (nSPS) is 20.5. The molecule has 2 rings (SSSR count). The monoisotopic (exact) mass is 416 g/mol. The van der Waals surface area contributed by atoms with Crippen molar-refractivity contribution in [3.05, 3.63) is 24.3 Å². The standard InChI is InChI=1S/C17H23F3N6O3/c1-10-9-14(22-8-7-21-11(2)27)25-15(23-10)26-16(28)24-12-3-5-13(6-4-12)29-17(18,19)20/h3-6,10,15,23H,7-9H2,1-2H3,(H,21,27)(H,22,25)(H2,24,26,28). The number of hydrogen-bond acceptors (Lipinski definition) is 5. The number of aliphatic imine (C=N–C) groups is 1. The van der Waals surface area contributed by atoms with Crippen LogP contribution >= 0.6 is 0 Å². The Hall–Kier alpha value is -3.02. The highest BCUT2D eigenvalue weighted by Gasteiger charge is 2.31. The van der Waals surface area contributed by atoms with Crippen LogP contribution < -0.4 is 31.3 Å². The summed E-state index contributed by atoms with van der Waals surface area (Å²) >= 11 is 0. The van der Waals surface area contributed by atoms with E-state index in [0.717, 1.165) is 12.1 Å². The van der Waals surface area contributed by atoms with Gasteiger partial charge in [-0.1, -0.05) is 0 Å². The zero-order valence-electron chi connectivity index (χ0n) is 15.9. The van der Waals surface area contributed by atoms with Gasteiger partial charge in [0, 0.05) is 31.6 Å². The van der Waals surface area contributed by atoms with Crippen LogP contribution in [0.15, 0.2) is 29.3 Å². The molecular weight excluding hydrogens is 393 g/mol. The summed E-state index contributed by atoms with van der Waals surface area (Å²) in [5, 5.41) is 14.0. The van der Waals surface area contributed by atoms with Crippen LogP contribution in [0.2, 0.25) is 0 Å². The second kappa shape index (κ2) is 9.96. The van der Waals surface area contributed by atoms with Gasteiger partial charge in [-0.2, -0.15) is 0 Å². The minimum Gasteiger partial charge on any atom is -0.406 e. The third kappa shape index (κ3) is 8.68. The van der Waals surface area contributed by atoms with Crippen LogP contribution in [0, 0.1) is 0 Å². The molecule has 0 aromatic heterocycles. The van der Waals surface area contributed by atoms with Gasteiger partial charge in [0.15, 0.2) is 6.29 Å². The fraction of sp³-hybridized carbons (Fsp3) is 0.471. The predicted molar refractivity (Wildman–Crippen MR) is 100 cm³/mol. The molecule has 12 heteroatoms. The van der Waals surface area contributed by atoms with Crippen LogP contribution in [-0.4, -0.2) is 49.6 Å². The van der Waals surface area contributed by atoms with Crippen molar-refractivity contribution in [2.75, 3.05) is 18.4 Å². The second-order valence-electron chi connectivity index (χ2n) is 6.33. The first kappa shape index (κ1) is 22.3. The number of amidine groups is 1. The molecule has 1 aliphatic heterocycles. The van der Waals surface area contributed by atoms with Gasteiger partial charge in [0.2, 0.25) is 5.91 Å². The largest absolute Gasteiger partial charge is 0.573 e. The summed E-state index contributed by atoms with van der Waals surface area (Å²) in [6.45, 7) is 4.17. The minimum absolute atomic E-state index is 0.0415. The highest BCUT2D eigenvalue weighted by atomic mass is 19.4. The molecule has 0 bridgehead atoms. The topological polar surface area (TPSA) is 116 Å². The van der Waals surface area contributed by atoms with E-state index in [1.807, 2.05) is 6.92 Å². The quantitative estimate of drug-likeness (QED) is 0.451. The van der Waals surface area contributed by atoms with Crippen molar-refractivity contribution in [3.8, 4) is 5.75 Å². The molecule has 1 saturated heterocycles. The minimum atomic E-state index is -4.78. The predicted octanol–water partition coefficient (Wildman–Crippen LogP) is 1.50. The molecule has 0 spiro atoms. The number of ether oxygens (including phenoxy) is 1. The molecule has 1 aliphatic rings. The first-order chi connectivity index (χ1) is 13.6. The average Bonchev–Trinajstić information content (AvgIpc) is 2.58. The van der Waals surface area contributed by atoms with E-state index >= 15 is 0 Å². The van der Waals surface area contributed by atoms with Gasteiger partial charge in [-0.15, -0.1) is 13.2 Å². The van der Waals surface area contributed by atoms with Crippen molar-refractivity contribution in [1.82, 2.24) is 21.3 Å². The van der Waals surface area contributed by atoms with Gasteiger partial charge in [-0.25, -0.2) is 4.79 Å². The van der Waals surface area contributed by atoms with E-state index in [-0.39, 0.29) is 17.7 Å². The molecule has 3 amide bonds. The van der Waals surface area contributed by atoms with E-state index in [0.29, 0.717) is 31.0 Å². The van der Waals surface area contributed by atoms with E-state index < -0.39 is 18.7 Å². The Kier molecular flexibility index (Phi) is 7.65. The summed E-state index contributed by atoms with van der Waals surface area (Å²) in [4.78, 5) is 27.4. The van der Waals surface area contributed by atoms with Crippen LogP contribution in [0.4, 0.5) is 23.7 Å². The molecule has 0 saturated carbocycles. The van der Waals surface area contributed by atoms with Crippen LogP contribution in [0.25, 0.3) is 0 Å². The molecule has 9 nitrogen and oxygen atoms in total. The van der Waals surface area contributed by atoms with Crippen LogP contribution in [0.3, 0.4) is 0 Å². The maximum atomic E-state index is 12.2. The Labute approximate surface area is 165 Å². The van der Waals surface area contributed by atoms with Gasteiger partial charge in [-0.05, 0) is 31.2 Å². The molecule has 1 aromatic carbocycles. The lowest BCUT2D eigenvalue weighted by Crippen LogP contribution is -2.63. The fourth-order valence-corrected chi connectivity index (χ4v) is 2.55. The summed E-state index contributed by atoms with van der Waals surface area (Å²) in [6, 6.07) is 4.26. The van der Waals surface area contributed by atoms with Gasteiger partial charge in [0.25, 0.3) is 0 Å². The summed E-state index contributed by atoms with van der Waals surface area (Å²) < 4.78 is 40.3. The lowest BCUT2D eigenvalue weighted by Gasteiger charge is -2.32. The summed E-state index contributed by atoms with van der Waals surface area (Å²) in [5.41, 5.74) is 0.296. The van der Waals surface area contributed by atoms with Gasteiger partial charge >= 0.3 is 12.4 Å². The number of carbonyl (C=O) groups is 2.